The van der Waals surface area contributed by atoms with Crippen LogP contribution in [-0.4, -0.2) is 26.7 Å². The van der Waals surface area contributed by atoms with E-state index in [2.05, 4.69) is 29.3 Å². The Morgan fingerprint density at radius 1 is 1.60 bits per heavy atom. The van der Waals surface area contributed by atoms with Gasteiger partial charge in [-0.05, 0) is 5.92 Å². The highest BCUT2D eigenvalue weighted by Gasteiger charge is 2.21. The molecular weight excluding hydrogens is 208 g/mol. The number of nitrogens with zero attached hydrogens (tertiary/aromatic N) is 3. The van der Waals surface area contributed by atoms with Gasteiger partial charge in [0.05, 0.1) is 6.04 Å². The molecule has 0 bridgehead atoms. The number of aryl methyl sites for hydroxylation is 1. The van der Waals surface area contributed by atoms with Crippen LogP contribution in [0.5, 0.6) is 0 Å². The van der Waals surface area contributed by atoms with Crippen LogP contribution in [0.2, 0.25) is 0 Å². The van der Waals surface area contributed by atoms with E-state index in [1.165, 1.54) is 0 Å². The van der Waals surface area contributed by atoms with Crippen LogP contribution in [0, 0.1) is 5.92 Å². The van der Waals surface area contributed by atoms with Crippen LogP contribution in [0.15, 0.2) is 17.3 Å². The molecule has 1 aliphatic rings. The smallest absolute Gasteiger partial charge is 0.162 e. The van der Waals surface area contributed by atoms with Crippen LogP contribution in [0.4, 0.5) is 5.82 Å². The van der Waals surface area contributed by atoms with Crippen molar-refractivity contribution in [2.24, 2.45) is 18.0 Å². The van der Waals surface area contributed by atoms with Crippen molar-refractivity contribution >= 4 is 22.7 Å². The summed E-state index contributed by atoms with van der Waals surface area (Å²) in [6.07, 6.45) is 1.92. The summed E-state index contributed by atoms with van der Waals surface area (Å²) in [6, 6.07) is 2.40. The first-order chi connectivity index (χ1) is 7.15. The van der Waals surface area contributed by atoms with Gasteiger partial charge in [-0.15, -0.1) is 0 Å². The molecule has 1 aliphatic heterocycles. The standard InChI is InChI=1S/C10H16N4S/c1-7(2)8-6-15-10(11-8)12-9-4-5-14(3)13-9/h4-5,7-8H,6H2,1-3H3,(H,11,12,13)/t8-/m1/s1. The zero-order chi connectivity index (χ0) is 10.8. The molecule has 0 saturated carbocycles. The van der Waals surface area contributed by atoms with Crippen LogP contribution < -0.4 is 5.32 Å². The molecule has 0 amide bonds. The number of hydrogen-bond acceptors (Lipinski definition) is 4. The fourth-order valence-corrected chi connectivity index (χ4v) is 2.57. The third-order valence-electron chi connectivity index (χ3n) is 2.39. The molecule has 0 fully saturated rings. The van der Waals surface area contributed by atoms with Crippen molar-refractivity contribution in [1.29, 1.82) is 0 Å². The SMILES string of the molecule is CC(C)[C@H]1CSC(Nc2ccn(C)n2)=N1. The van der Waals surface area contributed by atoms with Gasteiger partial charge in [0.1, 0.15) is 0 Å². The molecule has 0 saturated heterocycles. The largest absolute Gasteiger partial charge is 0.318 e. The second kappa shape index (κ2) is 4.26. The van der Waals surface area contributed by atoms with Gasteiger partial charge in [-0.1, -0.05) is 25.6 Å². The van der Waals surface area contributed by atoms with Crippen molar-refractivity contribution < 1.29 is 0 Å². The van der Waals surface area contributed by atoms with Gasteiger partial charge in [0.15, 0.2) is 11.0 Å². The molecule has 1 aromatic rings. The van der Waals surface area contributed by atoms with Gasteiger partial charge >= 0.3 is 0 Å². The van der Waals surface area contributed by atoms with Crippen molar-refractivity contribution in [2.75, 3.05) is 11.1 Å². The van der Waals surface area contributed by atoms with E-state index < -0.39 is 0 Å². The Bertz CT molecular complexity index is 369. The van der Waals surface area contributed by atoms with Crippen molar-refractivity contribution in [2.45, 2.75) is 19.9 Å². The lowest BCUT2D eigenvalue weighted by Gasteiger charge is -2.07. The summed E-state index contributed by atoms with van der Waals surface area (Å²) in [7, 11) is 1.91. The number of aromatic nitrogens is 2. The van der Waals surface area contributed by atoms with Crippen molar-refractivity contribution in [1.82, 2.24) is 9.78 Å². The summed E-state index contributed by atoms with van der Waals surface area (Å²) in [5.41, 5.74) is 0. The first-order valence-corrected chi connectivity index (χ1v) is 6.11. The molecule has 15 heavy (non-hydrogen) atoms. The number of anilines is 1. The molecular formula is C10H16N4S. The van der Waals surface area contributed by atoms with Crippen molar-refractivity contribution in [3.63, 3.8) is 0 Å². The van der Waals surface area contributed by atoms with E-state index in [1.54, 1.807) is 16.4 Å². The predicted octanol–water partition coefficient (Wildman–Crippen LogP) is 1.96. The lowest BCUT2D eigenvalue weighted by atomic mass is 10.1. The van der Waals surface area contributed by atoms with Crippen LogP contribution >= 0.6 is 11.8 Å². The number of rotatable bonds is 2. The Morgan fingerprint density at radius 2 is 2.40 bits per heavy atom. The molecule has 2 rings (SSSR count). The summed E-state index contributed by atoms with van der Waals surface area (Å²) in [5, 5.41) is 8.48. The molecule has 0 unspecified atom stereocenters. The minimum atomic E-state index is 0.446. The molecule has 1 aromatic heterocycles. The molecule has 0 radical (unpaired) electrons. The topological polar surface area (TPSA) is 42.2 Å². The fraction of sp³-hybridized carbons (Fsp3) is 0.600. The Hall–Kier alpha value is -0.970. The van der Waals surface area contributed by atoms with E-state index >= 15 is 0 Å². The zero-order valence-electron chi connectivity index (χ0n) is 9.27. The lowest BCUT2D eigenvalue weighted by Crippen LogP contribution is -2.12. The Morgan fingerprint density at radius 3 is 2.93 bits per heavy atom. The number of aliphatic imine (C=N–C) groups is 1. The molecule has 5 heteroatoms. The van der Waals surface area contributed by atoms with E-state index in [1.807, 2.05) is 19.3 Å². The van der Waals surface area contributed by atoms with E-state index in [9.17, 15) is 0 Å². The van der Waals surface area contributed by atoms with Gasteiger partial charge in [0, 0.05) is 25.1 Å². The van der Waals surface area contributed by atoms with Gasteiger partial charge in [-0.3, -0.25) is 9.67 Å². The minimum absolute atomic E-state index is 0.446. The first-order valence-electron chi connectivity index (χ1n) is 5.12. The summed E-state index contributed by atoms with van der Waals surface area (Å²) in [5.74, 6) is 2.56. The Kier molecular flexibility index (Phi) is 3.00. The molecule has 0 aliphatic carbocycles. The van der Waals surface area contributed by atoms with Crippen molar-refractivity contribution in [3.05, 3.63) is 12.3 Å². The molecule has 1 atom stereocenters. The maximum Gasteiger partial charge on any atom is 0.162 e. The second-order valence-corrected chi connectivity index (χ2v) is 5.06. The summed E-state index contributed by atoms with van der Waals surface area (Å²) >= 11 is 1.77. The van der Waals surface area contributed by atoms with Gasteiger partial charge in [0.25, 0.3) is 0 Å². The normalized spacial score (nSPS) is 20.8. The predicted molar refractivity (Wildman–Crippen MR) is 65.3 cm³/mol. The summed E-state index contributed by atoms with van der Waals surface area (Å²) < 4.78 is 1.78. The fourth-order valence-electron chi connectivity index (χ4n) is 1.39. The van der Waals surface area contributed by atoms with Crippen LogP contribution in [0.3, 0.4) is 0 Å². The van der Waals surface area contributed by atoms with Gasteiger partial charge < -0.3 is 5.32 Å². The molecule has 82 valence electrons. The maximum atomic E-state index is 4.61. The lowest BCUT2D eigenvalue weighted by molar-refractivity contribution is 0.543. The highest BCUT2D eigenvalue weighted by atomic mass is 32.2. The quantitative estimate of drug-likeness (QED) is 0.835. The summed E-state index contributed by atoms with van der Waals surface area (Å²) in [4.78, 5) is 4.61. The maximum absolute atomic E-state index is 4.61. The molecule has 0 aromatic carbocycles. The number of hydrogen-bond donors (Lipinski definition) is 1. The molecule has 1 N–H and O–H groups in total. The molecule has 0 spiro atoms. The zero-order valence-corrected chi connectivity index (χ0v) is 10.1. The van der Waals surface area contributed by atoms with E-state index in [-0.39, 0.29) is 0 Å². The Labute approximate surface area is 94.2 Å². The number of amidine groups is 1. The molecule has 4 nitrogen and oxygen atoms in total. The van der Waals surface area contributed by atoms with Gasteiger partial charge in [-0.25, -0.2) is 0 Å². The Balaban J connectivity index is 1.99. The number of nitrogens with one attached hydrogen (secondary N) is 1. The third-order valence-corrected chi connectivity index (χ3v) is 3.38. The summed E-state index contributed by atoms with van der Waals surface area (Å²) in [6.45, 7) is 4.41. The highest BCUT2D eigenvalue weighted by Crippen LogP contribution is 2.23. The monoisotopic (exact) mass is 224 g/mol. The van der Waals surface area contributed by atoms with E-state index in [0.717, 1.165) is 16.7 Å². The van der Waals surface area contributed by atoms with Crippen molar-refractivity contribution in [3.8, 4) is 0 Å². The third kappa shape index (κ3) is 2.53. The van der Waals surface area contributed by atoms with Crippen LogP contribution in [0.1, 0.15) is 13.8 Å². The second-order valence-electron chi connectivity index (χ2n) is 4.06. The average molecular weight is 224 g/mol. The minimum Gasteiger partial charge on any atom is -0.318 e. The average Bonchev–Trinajstić information content (AvgIpc) is 2.76. The first kappa shape index (κ1) is 10.5. The molecule has 2 heterocycles. The number of thioether (sulfide) groups is 1. The van der Waals surface area contributed by atoms with E-state index in [0.29, 0.717) is 12.0 Å². The highest BCUT2D eigenvalue weighted by molar-refractivity contribution is 8.14. The van der Waals surface area contributed by atoms with Crippen LogP contribution in [0.25, 0.3) is 0 Å². The van der Waals surface area contributed by atoms with E-state index in [4.69, 9.17) is 0 Å². The van der Waals surface area contributed by atoms with Gasteiger partial charge in [0.2, 0.25) is 0 Å². The van der Waals surface area contributed by atoms with Crippen LogP contribution in [-0.2, 0) is 7.05 Å². The van der Waals surface area contributed by atoms with Gasteiger partial charge in [-0.2, -0.15) is 5.10 Å².